The van der Waals surface area contributed by atoms with Gasteiger partial charge in [-0.3, -0.25) is 0 Å². The van der Waals surface area contributed by atoms with Gasteiger partial charge < -0.3 is 19.2 Å². The van der Waals surface area contributed by atoms with Crippen LogP contribution < -0.4 is 14.8 Å². The molecule has 1 atom stereocenters. The van der Waals surface area contributed by atoms with E-state index in [9.17, 15) is 0 Å². The Balaban J connectivity index is 2.14. The number of ether oxygens (including phenoxy) is 2. The third-order valence-electron chi connectivity index (χ3n) is 2.81. The van der Waals surface area contributed by atoms with Crippen LogP contribution >= 0.6 is 0 Å². The molecule has 1 N–H and O–H groups in total. The first-order valence-electron chi connectivity index (χ1n) is 5.75. The minimum atomic E-state index is 0.168. The summed E-state index contributed by atoms with van der Waals surface area (Å²) in [6.45, 7) is 2.07. The van der Waals surface area contributed by atoms with Crippen LogP contribution in [0.2, 0.25) is 0 Å². The molecular formula is C14H17NO3. The average Bonchev–Trinajstić information content (AvgIpc) is 2.92. The van der Waals surface area contributed by atoms with Crippen LogP contribution in [0.4, 0.5) is 5.69 Å². The minimum Gasteiger partial charge on any atom is -0.493 e. The fourth-order valence-electron chi connectivity index (χ4n) is 1.78. The zero-order valence-electron chi connectivity index (χ0n) is 10.8. The quantitative estimate of drug-likeness (QED) is 0.878. The molecule has 2 rings (SSSR count). The second-order valence-corrected chi connectivity index (χ2v) is 3.99. The van der Waals surface area contributed by atoms with E-state index in [1.807, 2.05) is 24.3 Å². The van der Waals surface area contributed by atoms with E-state index < -0.39 is 0 Å². The molecule has 0 spiro atoms. The number of furan rings is 1. The van der Waals surface area contributed by atoms with E-state index in [1.54, 1.807) is 26.7 Å². The third-order valence-corrected chi connectivity index (χ3v) is 2.81. The van der Waals surface area contributed by atoms with Gasteiger partial charge in [0.15, 0.2) is 11.5 Å². The van der Waals surface area contributed by atoms with Crippen LogP contribution in [-0.4, -0.2) is 14.2 Å². The van der Waals surface area contributed by atoms with E-state index >= 15 is 0 Å². The van der Waals surface area contributed by atoms with Crippen molar-refractivity contribution < 1.29 is 13.9 Å². The maximum atomic E-state index is 5.27. The van der Waals surface area contributed by atoms with Crippen molar-refractivity contribution in [2.75, 3.05) is 19.5 Å². The lowest BCUT2D eigenvalue weighted by atomic mass is 10.1. The predicted molar refractivity (Wildman–Crippen MR) is 70.3 cm³/mol. The zero-order valence-corrected chi connectivity index (χ0v) is 10.8. The molecule has 0 saturated heterocycles. The predicted octanol–water partition coefficient (Wildman–Crippen LogP) is 3.47. The number of hydrogen-bond acceptors (Lipinski definition) is 4. The Morgan fingerprint density at radius 3 is 2.50 bits per heavy atom. The second kappa shape index (κ2) is 5.49. The fraction of sp³-hybridized carbons (Fsp3) is 0.286. The van der Waals surface area contributed by atoms with Gasteiger partial charge in [0.1, 0.15) is 0 Å². The normalized spacial score (nSPS) is 11.9. The van der Waals surface area contributed by atoms with Gasteiger partial charge in [0.05, 0.1) is 32.8 Å². The van der Waals surface area contributed by atoms with Crippen LogP contribution in [0, 0.1) is 0 Å². The Hall–Kier alpha value is -2.10. The number of benzene rings is 1. The summed E-state index contributed by atoms with van der Waals surface area (Å²) in [4.78, 5) is 0. The van der Waals surface area contributed by atoms with Gasteiger partial charge in [0, 0.05) is 17.3 Å². The van der Waals surface area contributed by atoms with Crippen LogP contribution in [0.15, 0.2) is 41.2 Å². The lowest BCUT2D eigenvalue weighted by molar-refractivity contribution is 0.355. The van der Waals surface area contributed by atoms with E-state index in [2.05, 4.69) is 12.2 Å². The van der Waals surface area contributed by atoms with Crippen molar-refractivity contribution in [3.63, 3.8) is 0 Å². The first kappa shape index (κ1) is 12.4. The van der Waals surface area contributed by atoms with Gasteiger partial charge in [-0.1, -0.05) is 0 Å². The van der Waals surface area contributed by atoms with E-state index in [1.165, 1.54) is 0 Å². The third kappa shape index (κ3) is 2.59. The lowest BCUT2D eigenvalue weighted by Gasteiger charge is -2.15. The standard InChI is InChI=1S/C14H17NO3/c1-10(11-6-7-18-9-11)15-12-4-5-13(16-2)14(8-12)17-3/h4-10,15H,1-3H3. The van der Waals surface area contributed by atoms with Crippen LogP contribution in [0.25, 0.3) is 0 Å². The van der Waals surface area contributed by atoms with E-state index in [0.717, 1.165) is 17.0 Å². The Bertz CT molecular complexity index is 494. The monoisotopic (exact) mass is 247 g/mol. The summed E-state index contributed by atoms with van der Waals surface area (Å²) in [6, 6.07) is 7.86. The molecular weight excluding hydrogens is 230 g/mol. The van der Waals surface area contributed by atoms with E-state index in [0.29, 0.717) is 5.75 Å². The second-order valence-electron chi connectivity index (χ2n) is 3.99. The largest absolute Gasteiger partial charge is 0.493 e. The van der Waals surface area contributed by atoms with E-state index in [4.69, 9.17) is 13.9 Å². The summed E-state index contributed by atoms with van der Waals surface area (Å²) in [5.41, 5.74) is 2.08. The average molecular weight is 247 g/mol. The van der Waals surface area contributed by atoms with Crippen molar-refractivity contribution in [2.24, 2.45) is 0 Å². The first-order valence-corrected chi connectivity index (χ1v) is 5.75. The molecule has 0 amide bonds. The minimum absolute atomic E-state index is 0.168. The molecule has 2 aromatic rings. The molecule has 1 aromatic carbocycles. The van der Waals surface area contributed by atoms with E-state index in [-0.39, 0.29) is 6.04 Å². The molecule has 4 heteroatoms. The smallest absolute Gasteiger partial charge is 0.162 e. The summed E-state index contributed by atoms with van der Waals surface area (Å²) >= 11 is 0. The van der Waals surface area contributed by atoms with Gasteiger partial charge in [0.2, 0.25) is 0 Å². The Morgan fingerprint density at radius 1 is 1.11 bits per heavy atom. The lowest BCUT2D eigenvalue weighted by Crippen LogP contribution is -2.05. The highest BCUT2D eigenvalue weighted by atomic mass is 16.5. The van der Waals surface area contributed by atoms with Crippen molar-refractivity contribution >= 4 is 5.69 Å². The molecule has 0 bridgehead atoms. The highest BCUT2D eigenvalue weighted by Crippen LogP contribution is 2.31. The van der Waals surface area contributed by atoms with Crippen molar-refractivity contribution in [2.45, 2.75) is 13.0 Å². The van der Waals surface area contributed by atoms with Gasteiger partial charge in [-0.05, 0) is 25.1 Å². The van der Waals surface area contributed by atoms with Gasteiger partial charge >= 0.3 is 0 Å². The van der Waals surface area contributed by atoms with Gasteiger partial charge in [-0.15, -0.1) is 0 Å². The fourth-order valence-corrected chi connectivity index (χ4v) is 1.78. The van der Waals surface area contributed by atoms with Crippen molar-refractivity contribution in [1.29, 1.82) is 0 Å². The molecule has 4 nitrogen and oxygen atoms in total. The number of methoxy groups -OCH3 is 2. The summed E-state index contributed by atoms with van der Waals surface area (Å²) in [5, 5.41) is 3.37. The number of nitrogens with one attached hydrogen (secondary N) is 1. The molecule has 1 aromatic heterocycles. The summed E-state index contributed by atoms with van der Waals surface area (Å²) in [5.74, 6) is 1.43. The number of rotatable bonds is 5. The summed E-state index contributed by atoms with van der Waals surface area (Å²) in [6.07, 6.45) is 3.40. The number of hydrogen-bond donors (Lipinski definition) is 1. The Kier molecular flexibility index (Phi) is 3.77. The van der Waals surface area contributed by atoms with Crippen molar-refractivity contribution in [1.82, 2.24) is 0 Å². The maximum absolute atomic E-state index is 5.27. The van der Waals surface area contributed by atoms with Crippen molar-refractivity contribution in [3.05, 3.63) is 42.4 Å². The summed E-state index contributed by atoms with van der Waals surface area (Å²) in [7, 11) is 3.25. The molecule has 1 heterocycles. The molecule has 0 saturated carbocycles. The van der Waals surface area contributed by atoms with Gasteiger partial charge in [0.25, 0.3) is 0 Å². The van der Waals surface area contributed by atoms with Crippen LogP contribution in [-0.2, 0) is 0 Å². The highest BCUT2D eigenvalue weighted by Gasteiger charge is 2.09. The highest BCUT2D eigenvalue weighted by molar-refractivity contribution is 5.55. The van der Waals surface area contributed by atoms with Crippen LogP contribution in [0.1, 0.15) is 18.5 Å². The SMILES string of the molecule is COc1ccc(NC(C)c2ccoc2)cc1OC. The maximum Gasteiger partial charge on any atom is 0.162 e. The molecule has 0 aliphatic carbocycles. The van der Waals surface area contributed by atoms with Crippen molar-refractivity contribution in [3.8, 4) is 11.5 Å². The molecule has 18 heavy (non-hydrogen) atoms. The van der Waals surface area contributed by atoms with Crippen LogP contribution in [0.3, 0.4) is 0 Å². The first-order chi connectivity index (χ1) is 8.74. The molecule has 0 aliphatic heterocycles. The van der Waals surface area contributed by atoms with Gasteiger partial charge in [-0.25, -0.2) is 0 Å². The molecule has 0 aliphatic rings. The van der Waals surface area contributed by atoms with Gasteiger partial charge in [-0.2, -0.15) is 0 Å². The molecule has 96 valence electrons. The zero-order chi connectivity index (χ0) is 13.0. The number of anilines is 1. The Labute approximate surface area is 107 Å². The van der Waals surface area contributed by atoms with Crippen LogP contribution in [0.5, 0.6) is 11.5 Å². The molecule has 0 fully saturated rings. The Morgan fingerprint density at radius 2 is 1.89 bits per heavy atom. The molecule has 0 radical (unpaired) electrons. The topological polar surface area (TPSA) is 43.6 Å². The summed E-state index contributed by atoms with van der Waals surface area (Å²) < 4.78 is 15.5. The molecule has 1 unspecified atom stereocenters.